The number of nitrogens with zero attached hydrogens (tertiary/aromatic N) is 1. The first-order valence-electron chi connectivity index (χ1n) is 9.64. The van der Waals surface area contributed by atoms with Gasteiger partial charge in [-0.05, 0) is 30.5 Å². The molecule has 3 aliphatic rings. The highest BCUT2D eigenvalue weighted by Gasteiger charge is 2.55. The molecule has 1 amide bonds. The van der Waals surface area contributed by atoms with Crippen LogP contribution in [0.2, 0.25) is 0 Å². The van der Waals surface area contributed by atoms with Crippen LogP contribution in [0.4, 0.5) is 0 Å². The van der Waals surface area contributed by atoms with Crippen LogP contribution < -0.4 is 4.74 Å². The number of rotatable bonds is 5. The third kappa shape index (κ3) is 2.72. The van der Waals surface area contributed by atoms with Crippen LogP contribution in [0.1, 0.15) is 31.2 Å². The van der Waals surface area contributed by atoms with E-state index in [-0.39, 0.29) is 10.8 Å². The molecule has 0 bridgehead atoms. The van der Waals surface area contributed by atoms with Crippen LogP contribution >= 0.6 is 0 Å². The molecule has 2 saturated heterocycles. The van der Waals surface area contributed by atoms with Gasteiger partial charge in [0.05, 0.1) is 32.3 Å². The second kappa shape index (κ2) is 6.86. The highest BCUT2D eigenvalue weighted by Crippen LogP contribution is 2.47. The molecule has 3 fully saturated rings. The number of ether oxygens (including phenoxy) is 3. The van der Waals surface area contributed by atoms with Crippen molar-refractivity contribution in [3.63, 3.8) is 0 Å². The lowest BCUT2D eigenvalue weighted by molar-refractivity contribution is -0.137. The van der Waals surface area contributed by atoms with Crippen molar-refractivity contribution < 1.29 is 19.0 Å². The van der Waals surface area contributed by atoms with E-state index < -0.39 is 0 Å². The molecule has 1 aliphatic carbocycles. The van der Waals surface area contributed by atoms with Crippen LogP contribution in [-0.4, -0.2) is 57.9 Å². The zero-order chi connectivity index (χ0) is 18.2. The Bertz CT molecular complexity index is 652. The van der Waals surface area contributed by atoms with Crippen molar-refractivity contribution in [2.45, 2.75) is 31.1 Å². The quantitative estimate of drug-likeness (QED) is 0.811. The Morgan fingerprint density at radius 3 is 2.62 bits per heavy atom. The third-order valence-electron chi connectivity index (χ3n) is 6.75. The highest BCUT2D eigenvalue weighted by molar-refractivity contribution is 5.89. The van der Waals surface area contributed by atoms with E-state index in [1.807, 2.05) is 12.1 Å². The van der Waals surface area contributed by atoms with Crippen molar-refractivity contribution >= 4 is 5.91 Å². The number of hydrogen-bond donors (Lipinski definition) is 0. The van der Waals surface area contributed by atoms with Gasteiger partial charge >= 0.3 is 0 Å². The lowest BCUT2D eigenvalue weighted by atomic mass is 9.77. The van der Waals surface area contributed by atoms with Gasteiger partial charge in [0.25, 0.3) is 0 Å². The predicted octanol–water partition coefficient (Wildman–Crippen LogP) is 2.63. The molecular formula is C21H29NO4. The molecule has 0 unspecified atom stereocenters. The van der Waals surface area contributed by atoms with Gasteiger partial charge in [-0.2, -0.15) is 0 Å². The first kappa shape index (κ1) is 17.8. The monoisotopic (exact) mass is 359 g/mol. The molecule has 1 aromatic carbocycles. The SMILES string of the molecule is COC[C@@]12COC[C@@H]1CN(C(=O)C1(c3ccc(OC)cc3)CCCC1)C2. The molecule has 1 aromatic rings. The maximum absolute atomic E-state index is 13.7. The lowest BCUT2D eigenvalue weighted by Crippen LogP contribution is -2.46. The van der Waals surface area contributed by atoms with Crippen LogP contribution in [0.25, 0.3) is 0 Å². The lowest BCUT2D eigenvalue weighted by Gasteiger charge is -2.34. The maximum Gasteiger partial charge on any atom is 0.233 e. The Morgan fingerprint density at radius 2 is 1.96 bits per heavy atom. The summed E-state index contributed by atoms with van der Waals surface area (Å²) in [6, 6.07) is 8.10. The molecular weight excluding hydrogens is 330 g/mol. The summed E-state index contributed by atoms with van der Waals surface area (Å²) in [6.45, 7) is 3.65. The van der Waals surface area contributed by atoms with Crippen molar-refractivity contribution in [3.05, 3.63) is 29.8 Å². The Kier molecular flexibility index (Phi) is 4.70. The number of hydrogen-bond acceptors (Lipinski definition) is 4. The molecule has 5 heteroatoms. The minimum absolute atomic E-state index is 0.0237. The van der Waals surface area contributed by atoms with Crippen LogP contribution in [-0.2, 0) is 19.7 Å². The molecule has 1 saturated carbocycles. The Balaban J connectivity index is 1.60. The number of benzene rings is 1. The molecule has 0 N–H and O–H groups in total. The molecule has 142 valence electrons. The fourth-order valence-electron chi connectivity index (χ4n) is 5.30. The summed E-state index contributed by atoms with van der Waals surface area (Å²) in [5, 5.41) is 0. The van der Waals surface area contributed by atoms with Gasteiger partial charge in [0.1, 0.15) is 5.75 Å². The number of methoxy groups -OCH3 is 2. The van der Waals surface area contributed by atoms with E-state index in [2.05, 4.69) is 17.0 Å². The molecule has 0 spiro atoms. The maximum atomic E-state index is 13.7. The van der Waals surface area contributed by atoms with E-state index in [1.165, 1.54) is 0 Å². The molecule has 5 nitrogen and oxygen atoms in total. The van der Waals surface area contributed by atoms with Gasteiger partial charge in [-0.1, -0.05) is 25.0 Å². The van der Waals surface area contributed by atoms with Gasteiger partial charge in [0, 0.05) is 31.5 Å². The van der Waals surface area contributed by atoms with Crippen LogP contribution in [0, 0.1) is 11.3 Å². The molecule has 0 aromatic heterocycles. The normalized spacial score (nSPS) is 29.8. The van der Waals surface area contributed by atoms with Crippen molar-refractivity contribution in [2.75, 3.05) is 47.1 Å². The van der Waals surface area contributed by atoms with E-state index in [9.17, 15) is 4.79 Å². The molecule has 26 heavy (non-hydrogen) atoms. The number of likely N-dealkylation sites (tertiary alicyclic amines) is 1. The fraction of sp³-hybridized carbons (Fsp3) is 0.667. The van der Waals surface area contributed by atoms with Crippen molar-refractivity contribution in [3.8, 4) is 5.75 Å². The predicted molar refractivity (Wildman–Crippen MR) is 98.3 cm³/mol. The molecule has 2 heterocycles. The van der Waals surface area contributed by atoms with Gasteiger partial charge in [-0.3, -0.25) is 4.79 Å². The number of carbonyl (C=O) groups excluding carboxylic acids is 1. The summed E-state index contributed by atoms with van der Waals surface area (Å²) >= 11 is 0. The van der Waals surface area contributed by atoms with Crippen LogP contribution in [0.3, 0.4) is 0 Å². The van der Waals surface area contributed by atoms with Crippen molar-refractivity contribution in [1.82, 2.24) is 4.90 Å². The number of amides is 1. The largest absolute Gasteiger partial charge is 0.497 e. The summed E-state index contributed by atoms with van der Waals surface area (Å²) in [6.07, 6.45) is 4.10. The minimum atomic E-state index is -0.375. The topological polar surface area (TPSA) is 48.0 Å². The van der Waals surface area contributed by atoms with Crippen LogP contribution in [0.5, 0.6) is 5.75 Å². The summed E-state index contributed by atoms with van der Waals surface area (Å²) < 4.78 is 16.5. The Morgan fingerprint density at radius 1 is 1.23 bits per heavy atom. The average Bonchev–Trinajstić information content (AvgIpc) is 3.36. The second-order valence-electron chi connectivity index (χ2n) is 8.21. The first-order valence-corrected chi connectivity index (χ1v) is 9.64. The minimum Gasteiger partial charge on any atom is -0.497 e. The van der Waals surface area contributed by atoms with E-state index in [0.29, 0.717) is 25.0 Å². The molecule has 2 aliphatic heterocycles. The van der Waals surface area contributed by atoms with E-state index in [1.54, 1.807) is 14.2 Å². The average molecular weight is 359 g/mol. The smallest absolute Gasteiger partial charge is 0.233 e. The van der Waals surface area contributed by atoms with Gasteiger partial charge in [0.15, 0.2) is 0 Å². The van der Waals surface area contributed by atoms with E-state index in [0.717, 1.165) is 56.7 Å². The first-order chi connectivity index (χ1) is 12.6. The summed E-state index contributed by atoms with van der Waals surface area (Å²) in [5.74, 6) is 1.52. The number of fused-ring (bicyclic) bond motifs is 1. The van der Waals surface area contributed by atoms with Gasteiger partial charge in [0.2, 0.25) is 5.91 Å². The zero-order valence-electron chi connectivity index (χ0n) is 15.8. The van der Waals surface area contributed by atoms with Crippen molar-refractivity contribution in [1.29, 1.82) is 0 Å². The fourth-order valence-corrected chi connectivity index (χ4v) is 5.30. The molecule has 0 radical (unpaired) electrons. The standard InChI is InChI=1S/C21H29NO4/c1-24-14-20-13-22(11-17(20)12-26-15-20)19(23)21(9-3-4-10-21)16-5-7-18(25-2)8-6-16/h5-8,17H,3-4,9-15H2,1-2H3/t17-,20-/m0/s1. The summed E-state index contributed by atoms with van der Waals surface area (Å²) in [5.41, 5.74) is 0.735. The van der Waals surface area contributed by atoms with Crippen molar-refractivity contribution in [2.24, 2.45) is 11.3 Å². The van der Waals surface area contributed by atoms with E-state index in [4.69, 9.17) is 14.2 Å². The Hall–Kier alpha value is -1.59. The van der Waals surface area contributed by atoms with Gasteiger partial charge in [-0.25, -0.2) is 0 Å². The molecule has 2 atom stereocenters. The van der Waals surface area contributed by atoms with Gasteiger partial charge in [-0.15, -0.1) is 0 Å². The highest BCUT2D eigenvalue weighted by atomic mass is 16.5. The van der Waals surface area contributed by atoms with E-state index >= 15 is 0 Å². The Labute approximate surface area is 155 Å². The summed E-state index contributed by atoms with van der Waals surface area (Å²) in [4.78, 5) is 15.8. The third-order valence-corrected chi connectivity index (χ3v) is 6.75. The second-order valence-corrected chi connectivity index (χ2v) is 8.21. The summed E-state index contributed by atoms with van der Waals surface area (Å²) in [7, 11) is 3.41. The van der Waals surface area contributed by atoms with Crippen LogP contribution in [0.15, 0.2) is 24.3 Å². The number of carbonyl (C=O) groups is 1. The zero-order valence-corrected chi connectivity index (χ0v) is 15.8. The molecule has 4 rings (SSSR count). The van der Waals surface area contributed by atoms with Gasteiger partial charge < -0.3 is 19.1 Å².